The Labute approximate surface area is 200 Å². The Balaban J connectivity index is 1.40. The van der Waals surface area contributed by atoms with E-state index >= 15 is 8.78 Å². The van der Waals surface area contributed by atoms with Crippen LogP contribution < -0.4 is 4.74 Å². The molecule has 0 N–H and O–H groups in total. The zero-order valence-corrected chi connectivity index (χ0v) is 18.2. The third-order valence-corrected chi connectivity index (χ3v) is 5.24. The van der Waals surface area contributed by atoms with Crippen LogP contribution in [0.25, 0.3) is 22.5 Å². The number of nitrogens with zero attached hydrogens (tertiary/aromatic N) is 5. The molecule has 5 aromatic rings. The van der Waals surface area contributed by atoms with Crippen LogP contribution in [0.3, 0.4) is 0 Å². The minimum Gasteiger partial charge on any atom is -0.406 e. The number of ether oxygens (including phenoxy) is 2. The van der Waals surface area contributed by atoms with E-state index in [1.165, 1.54) is 24.4 Å². The van der Waals surface area contributed by atoms with Gasteiger partial charge in [0.05, 0.1) is 12.3 Å². The van der Waals surface area contributed by atoms with E-state index in [1.807, 2.05) is 0 Å². The highest BCUT2D eigenvalue weighted by Gasteiger charge is 2.39. The standard InChI is InChI=1S/C24H16F5N5O2/c25-23(26,35-15-18-4-1-2-5-20(18)34-13-3-12-30-34)22-32-31-21-11-8-17(14-33(21)22)16-6-9-19(10-7-16)36-24(27,28)29/h1-14H,15H2. The Morgan fingerprint density at radius 3 is 2.28 bits per heavy atom. The molecule has 0 amide bonds. The fourth-order valence-corrected chi connectivity index (χ4v) is 3.61. The molecule has 3 aromatic heterocycles. The summed E-state index contributed by atoms with van der Waals surface area (Å²) < 4.78 is 78.9. The first kappa shape index (κ1) is 23.4. The van der Waals surface area contributed by atoms with Gasteiger partial charge in [-0.25, -0.2) is 4.68 Å². The number of fused-ring (bicyclic) bond motifs is 1. The van der Waals surface area contributed by atoms with Crippen molar-refractivity contribution in [3.63, 3.8) is 0 Å². The third kappa shape index (κ3) is 4.89. The molecule has 184 valence electrons. The highest BCUT2D eigenvalue weighted by Crippen LogP contribution is 2.32. The van der Waals surface area contributed by atoms with Crippen LogP contribution in [0.1, 0.15) is 11.4 Å². The van der Waals surface area contributed by atoms with E-state index in [-0.39, 0.29) is 5.65 Å². The second kappa shape index (κ2) is 9.04. The van der Waals surface area contributed by atoms with Crippen molar-refractivity contribution in [1.82, 2.24) is 24.4 Å². The maximum Gasteiger partial charge on any atom is 0.573 e. The first-order valence-corrected chi connectivity index (χ1v) is 10.5. The summed E-state index contributed by atoms with van der Waals surface area (Å²) in [5.74, 6) is -1.14. The molecule has 7 nitrogen and oxygen atoms in total. The molecule has 0 fully saturated rings. The largest absolute Gasteiger partial charge is 0.573 e. The molecule has 0 aliphatic rings. The zero-order chi connectivity index (χ0) is 25.3. The van der Waals surface area contributed by atoms with Crippen molar-refractivity contribution in [2.24, 2.45) is 0 Å². The van der Waals surface area contributed by atoms with E-state index in [0.717, 1.165) is 16.5 Å². The first-order chi connectivity index (χ1) is 17.2. The molecule has 0 unspecified atom stereocenters. The summed E-state index contributed by atoms with van der Waals surface area (Å²) >= 11 is 0. The normalized spacial score (nSPS) is 12.2. The molecule has 0 bridgehead atoms. The lowest BCUT2D eigenvalue weighted by molar-refractivity contribution is -0.274. The summed E-state index contributed by atoms with van der Waals surface area (Å²) in [6, 6.07) is 16.6. The van der Waals surface area contributed by atoms with Crippen molar-refractivity contribution >= 4 is 5.65 Å². The highest BCUT2D eigenvalue weighted by molar-refractivity contribution is 5.65. The van der Waals surface area contributed by atoms with Gasteiger partial charge in [0.2, 0.25) is 5.82 Å². The average Bonchev–Trinajstić information content (AvgIpc) is 3.53. The molecular weight excluding hydrogens is 485 g/mol. The number of hydrogen-bond acceptors (Lipinski definition) is 5. The Morgan fingerprint density at radius 2 is 1.56 bits per heavy atom. The van der Waals surface area contributed by atoms with Crippen LogP contribution in [0.5, 0.6) is 5.75 Å². The third-order valence-electron chi connectivity index (χ3n) is 5.24. The van der Waals surface area contributed by atoms with Crippen LogP contribution >= 0.6 is 0 Å². The summed E-state index contributed by atoms with van der Waals surface area (Å²) in [6.45, 7) is -0.432. The van der Waals surface area contributed by atoms with Gasteiger partial charge in [-0.15, -0.1) is 23.4 Å². The molecule has 2 aromatic carbocycles. The van der Waals surface area contributed by atoms with Crippen molar-refractivity contribution in [2.45, 2.75) is 19.1 Å². The summed E-state index contributed by atoms with van der Waals surface area (Å²) in [6.07, 6.45) is -4.00. The van der Waals surface area contributed by atoms with Gasteiger partial charge in [0, 0.05) is 24.2 Å². The number of para-hydroxylation sites is 1. The van der Waals surface area contributed by atoms with E-state index in [4.69, 9.17) is 4.74 Å². The molecule has 0 radical (unpaired) electrons. The molecule has 0 spiro atoms. The van der Waals surface area contributed by atoms with E-state index < -0.39 is 30.7 Å². The van der Waals surface area contributed by atoms with Gasteiger partial charge in [-0.2, -0.15) is 13.9 Å². The fourth-order valence-electron chi connectivity index (χ4n) is 3.61. The zero-order valence-electron chi connectivity index (χ0n) is 18.2. The van der Waals surface area contributed by atoms with Gasteiger partial charge in [-0.1, -0.05) is 30.3 Å². The van der Waals surface area contributed by atoms with E-state index in [1.54, 1.807) is 53.5 Å². The van der Waals surface area contributed by atoms with Gasteiger partial charge in [0.15, 0.2) is 5.65 Å². The fraction of sp³-hybridized carbons (Fsp3) is 0.125. The number of halogens is 5. The molecule has 0 saturated carbocycles. The molecule has 3 heterocycles. The number of hydrogen-bond donors (Lipinski definition) is 0. The Morgan fingerprint density at radius 1 is 0.806 bits per heavy atom. The van der Waals surface area contributed by atoms with Crippen LogP contribution in [-0.2, 0) is 17.5 Å². The highest BCUT2D eigenvalue weighted by atomic mass is 19.4. The lowest BCUT2D eigenvalue weighted by Crippen LogP contribution is -2.22. The van der Waals surface area contributed by atoms with Gasteiger partial charge >= 0.3 is 12.5 Å². The second-order valence-corrected chi connectivity index (χ2v) is 7.63. The molecule has 5 rings (SSSR count). The van der Waals surface area contributed by atoms with Crippen molar-refractivity contribution in [3.05, 3.63) is 96.7 Å². The van der Waals surface area contributed by atoms with E-state index in [2.05, 4.69) is 20.0 Å². The van der Waals surface area contributed by atoms with Gasteiger partial charge in [0.1, 0.15) is 5.75 Å². The van der Waals surface area contributed by atoms with Gasteiger partial charge in [0.25, 0.3) is 0 Å². The Hall–Kier alpha value is -4.32. The minimum atomic E-state index is -4.82. The molecule has 0 atom stereocenters. The van der Waals surface area contributed by atoms with Crippen LogP contribution in [0.15, 0.2) is 85.3 Å². The van der Waals surface area contributed by atoms with Crippen LogP contribution in [0, 0.1) is 0 Å². The Kier molecular flexibility index (Phi) is 5.88. The summed E-state index contributed by atoms with van der Waals surface area (Å²) in [4.78, 5) is 0. The quantitative estimate of drug-likeness (QED) is 0.266. The van der Waals surface area contributed by atoms with Crippen LogP contribution in [0.4, 0.5) is 22.0 Å². The van der Waals surface area contributed by atoms with Gasteiger partial charge in [-0.05, 0) is 47.5 Å². The summed E-state index contributed by atoms with van der Waals surface area (Å²) in [5, 5.41) is 11.5. The van der Waals surface area contributed by atoms with Crippen LogP contribution in [-0.4, -0.2) is 30.7 Å². The average molecular weight is 501 g/mol. The van der Waals surface area contributed by atoms with Crippen molar-refractivity contribution < 1.29 is 31.4 Å². The molecule has 0 aliphatic carbocycles. The number of benzene rings is 2. The van der Waals surface area contributed by atoms with Crippen LogP contribution in [0.2, 0.25) is 0 Å². The molecule has 0 aliphatic heterocycles. The predicted molar refractivity (Wildman–Crippen MR) is 117 cm³/mol. The molecule has 36 heavy (non-hydrogen) atoms. The molecule has 0 saturated heterocycles. The van der Waals surface area contributed by atoms with Gasteiger partial charge < -0.3 is 9.47 Å². The van der Waals surface area contributed by atoms with E-state index in [9.17, 15) is 13.2 Å². The number of aromatic nitrogens is 5. The maximum atomic E-state index is 15.1. The van der Waals surface area contributed by atoms with Crippen molar-refractivity contribution in [2.75, 3.05) is 0 Å². The monoisotopic (exact) mass is 501 g/mol. The second-order valence-electron chi connectivity index (χ2n) is 7.63. The topological polar surface area (TPSA) is 66.5 Å². The maximum absolute atomic E-state index is 15.1. The van der Waals surface area contributed by atoms with Gasteiger partial charge in [-0.3, -0.25) is 4.40 Å². The summed E-state index contributed by atoms with van der Waals surface area (Å²) in [5.41, 5.74) is 2.14. The van der Waals surface area contributed by atoms with Crippen molar-refractivity contribution in [1.29, 1.82) is 0 Å². The lowest BCUT2D eigenvalue weighted by Gasteiger charge is -2.17. The number of alkyl halides is 5. The lowest BCUT2D eigenvalue weighted by atomic mass is 10.1. The minimum absolute atomic E-state index is 0.144. The Bertz CT molecular complexity index is 1480. The molecular formula is C24H16F5N5O2. The smallest absolute Gasteiger partial charge is 0.406 e. The number of pyridine rings is 1. The SMILES string of the molecule is FC(F)(F)Oc1ccc(-c2ccc3nnc(C(F)(F)OCc4ccccc4-n4cccn4)n3c2)cc1. The van der Waals surface area contributed by atoms with Crippen molar-refractivity contribution in [3.8, 4) is 22.6 Å². The molecule has 12 heteroatoms. The predicted octanol–water partition coefficient (Wildman–Crippen LogP) is 5.75. The first-order valence-electron chi connectivity index (χ1n) is 10.5. The van der Waals surface area contributed by atoms with E-state index in [0.29, 0.717) is 22.4 Å². The summed E-state index contributed by atoms with van der Waals surface area (Å²) in [7, 11) is 0. The number of rotatable bonds is 7.